The van der Waals surface area contributed by atoms with Crippen LogP contribution in [0.4, 0.5) is 13.2 Å². The van der Waals surface area contributed by atoms with Gasteiger partial charge in [-0.1, -0.05) is 25.0 Å². The molecular formula is C33H38F3NO3. The first-order chi connectivity index (χ1) is 19.0. The lowest BCUT2D eigenvalue weighted by atomic mass is 9.91. The van der Waals surface area contributed by atoms with Gasteiger partial charge in [-0.05, 0) is 106 Å². The summed E-state index contributed by atoms with van der Waals surface area (Å²) in [5.41, 5.74) is 3.61. The molecule has 1 unspecified atom stereocenters. The van der Waals surface area contributed by atoms with Crippen molar-refractivity contribution in [2.45, 2.75) is 115 Å². The standard InChI is InChI=1S/C33H38F3NO3/c1-32(2,3)40-29(38)17-23-14-15-37-28-13-11-24(18-26(28)30(31(23)37)22-9-10-22)39-19-20-8-12-25(21-6-4-5-7-21)27(16-20)33(34,35)36/h8,11-13,16,18,21-23H,4-7,9-10,14-15,17,19H2,1-3H3. The molecule has 0 amide bonds. The smallest absolute Gasteiger partial charge is 0.416 e. The Morgan fingerprint density at radius 2 is 1.70 bits per heavy atom. The minimum Gasteiger partial charge on any atom is -0.489 e. The molecule has 40 heavy (non-hydrogen) atoms. The largest absolute Gasteiger partial charge is 0.489 e. The molecule has 2 saturated carbocycles. The number of benzene rings is 2. The van der Waals surface area contributed by atoms with Gasteiger partial charge in [-0.25, -0.2) is 0 Å². The number of hydrogen-bond acceptors (Lipinski definition) is 3. The maximum atomic E-state index is 13.9. The zero-order valence-corrected chi connectivity index (χ0v) is 23.6. The molecule has 6 rings (SSSR count). The zero-order valence-electron chi connectivity index (χ0n) is 23.6. The van der Waals surface area contributed by atoms with E-state index in [9.17, 15) is 18.0 Å². The second-order valence-corrected chi connectivity index (χ2v) is 12.9. The minimum absolute atomic E-state index is 0.00853. The Morgan fingerprint density at radius 3 is 2.38 bits per heavy atom. The van der Waals surface area contributed by atoms with Crippen LogP contribution in [0.1, 0.15) is 118 Å². The highest BCUT2D eigenvalue weighted by Crippen LogP contribution is 2.51. The van der Waals surface area contributed by atoms with Crippen LogP contribution in [-0.4, -0.2) is 16.1 Å². The van der Waals surface area contributed by atoms with Gasteiger partial charge in [-0.15, -0.1) is 0 Å². The number of halogens is 3. The van der Waals surface area contributed by atoms with Gasteiger partial charge in [-0.3, -0.25) is 4.79 Å². The fourth-order valence-corrected chi connectivity index (χ4v) is 6.85. The van der Waals surface area contributed by atoms with Gasteiger partial charge < -0.3 is 14.0 Å². The zero-order chi connectivity index (χ0) is 28.2. The third-order valence-corrected chi connectivity index (χ3v) is 8.65. The van der Waals surface area contributed by atoms with Crippen molar-refractivity contribution in [2.75, 3.05) is 0 Å². The molecule has 2 aliphatic carbocycles. The summed E-state index contributed by atoms with van der Waals surface area (Å²) in [7, 11) is 0. The highest BCUT2D eigenvalue weighted by Gasteiger charge is 2.38. The van der Waals surface area contributed by atoms with Crippen LogP contribution in [0.5, 0.6) is 5.75 Å². The SMILES string of the molecule is CC(C)(C)OC(=O)CC1CCn2c1c(C1CC1)c1cc(OCc3ccc(C4CCCC4)c(C(F)(F)F)c3)ccc12. The first kappa shape index (κ1) is 27.2. The average Bonchev–Trinajstić information content (AvgIpc) is 3.28. The van der Waals surface area contributed by atoms with Crippen molar-refractivity contribution in [2.24, 2.45) is 0 Å². The van der Waals surface area contributed by atoms with Crippen LogP contribution >= 0.6 is 0 Å². The van der Waals surface area contributed by atoms with Gasteiger partial charge in [0.1, 0.15) is 18.0 Å². The quantitative estimate of drug-likeness (QED) is 0.274. The number of ether oxygens (including phenoxy) is 2. The van der Waals surface area contributed by atoms with E-state index in [0.717, 1.165) is 62.4 Å². The molecule has 0 bridgehead atoms. The molecule has 1 aliphatic heterocycles. The van der Waals surface area contributed by atoms with E-state index in [4.69, 9.17) is 9.47 Å². The first-order valence-electron chi connectivity index (χ1n) is 14.7. The van der Waals surface area contributed by atoms with Crippen LogP contribution in [-0.2, 0) is 28.9 Å². The van der Waals surface area contributed by atoms with Gasteiger partial charge >= 0.3 is 12.1 Å². The number of esters is 1. The fourth-order valence-electron chi connectivity index (χ4n) is 6.85. The Balaban J connectivity index is 1.25. The second kappa shape index (κ2) is 10.1. The Labute approximate surface area is 233 Å². The van der Waals surface area contributed by atoms with E-state index >= 15 is 0 Å². The summed E-state index contributed by atoms with van der Waals surface area (Å²) in [6.45, 7) is 6.61. The summed E-state index contributed by atoms with van der Waals surface area (Å²) >= 11 is 0. The summed E-state index contributed by atoms with van der Waals surface area (Å²) in [5, 5.41) is 1.14. The van der Waals surface area contributed by atoms with Crippen LogP contribution in [0.2, 0.25) is 0 Å². The number of fused-ring (bicyclic) bond motifs is 3. The Bertz CT molecular complexity index is 1420. The molecule has 2 aromatic carbocycles. The van der Waals surface area contributed by atoms with E-state index in [1.54, 1.807) is 12.1 Å². The topological polar surface area (TPSA) is 40.5 Å². The monoisotopic (exact) mass is 553 g/mol. The molecule has 0 N–H and O–H groups in total. The number of aryl methyl sites for hydroxylation is 1. The lowest BCUT2D eigenvalue weighted by molar-refractivity contribution is -0.155. The summed E-state index contributed by atoms with van der Waals surface area (Å²) in [5.74, 6) is 1.08. The van der Waals surface area contributed by atoms with Crippen LogP contribution in [0.25, 0.3) is 10.9 Å². The number of nitrogens with zero attached hydrogens (tertiary/aromatic N) is 1. The summed E-state index contributed by atoms with van der Waals surface area (Å²) in [6.07, 6.45) is 2.79. The number of aromatic nitrogens is 1. The van der Waals surface area contributed by atoms with E-state index in [1.165, 1.54) is 17.3 Å². The second-order valence-electron chi connectivity index (χ2n) is 12.9. The van der Waals surface area contributed by atoms with Gasteiger partial charge in [0, 0.05) is 29.1 Å². The van der Waals surface area contributed by atoms with Crippen molar-refractivity contribution < 1.29 is 27.4 Å². The molecule has 1 aromatic heterocycles. The number of alkyl halides is 3. The molecule has 1 atom stereocenters. The number of rotatable bonds is 7. The molecule has 0 radical (unpaired) electrons. The van der Waals surface area contributed by atoms with E-state index in [-0.39, 0.29) is 24.4 Å². The molecule has 3 aromatic rings. The van der Waals surface area contributed by atoms with Gasteiger partial charge in [-0.2, -0.15) is 13.2 Å². The maximum absolute atomic E-state index is 13.9. The first-order valence-corrected chi connectivity index (χ1v) is 14.7. The predicted molar refractivity (Wildman–Crippen MR) is 149 cm³/mol. The Morgan fingerprint density at radius 1 is 0.950 bits per heavy atom. The van der Waals surface area contributed by atoms with Crippen LogP contribution in [0.15, 0.2) is 36.4 Å². The molecule has 2 fully saturated rings. The molecule has 0 spiro atoms. The Kier molecular flexibility index (Phi) is 6.90. The molecule has 4 nitrogen and oxygen atoms in total. The molecule has 7 heteroatoms. The molecule has 214 valence electrons. The third-order valence-electron chi connectivity index (χ3n) is 8.65. The summed E-state index contributed by atoms with van der Waals surface area (Å²) in [4.78, 5) is 12.7. The predicted octanol–water partition coefficient (Wildman–Crippen LogP) is 8.99. The normalized spacial score (nSPS) is 19.8. The van der Waals surface area contributed by atoms with Crippen molar-refractivity contribution in [3.8, 4) is 5.75 Å². The van der Waals surface area contributed by atoms with Crippen molar-refractivity contribution in [1.82, 2.24) is 4.57 Å². The maximum Gasteiger partial charge on any atom is 0.416 e. The van der Waals surface area contributed by atoms with Crippen LogP contribution in [0.3, 0.4) is 0 Å². The fraction of sp³-hybridized carbons (Fsp3) is 0.545. The van der Waals surface area contributed by atoms with E-state index < -0.39 is 17.3 Å². The summed E-state index contributed by atoms with van der Waals surface area (Å²) in [6, 6.07) is 10.7. The van der Waals surface area contributed by atoms with Crippen LogP contribution < -0.4 is 4.74 Å². The number of carbonyl (C=O) groups excluding carboxylic acids is 1. The molecule has 0 saturated heterocycles. The van der Waals surface area contributed by atoms with E-state index in [0.29, 0.717) is 29.2 Å². The third kappa shape index (κ3) is 5.48. The molecular weight excluding hydrogens is 515 g/mol. The van der Waals surface area contributed by atoms with Crippen molar-refractivity contribution in [1.29, 1.82) is 0 Å². The highest BCUT2D eigenvalue weighted by atomic mass is 19.4. The van der Waals surface area contributed by atoms with Crippen molar-refractivity contribution >= 4 is 16.9 Å². The van der Waals surface area contributed by atoms with Crippen molar-refractivity contribution in [3.05, 3.63) is 64.3 Å². The number of hydrogen-bond donors (Lipinski definition) is 0. The lowest BCUT2D eigenvalue weighted by Crippen LogP contribution is -2.24. The Hall–Kier alpha value is -2.96. The van der Waals surface area contributed by atoms with Gasteiger partial charge in [0.25, 0.3) is 0 Å². The van der Waals surface area contributed by atoms with Gasteiger partial charge in [0.2, 0.25) is 0 Å². The molecule has 3 aliphatic rings. The summed E-state index contributed by atoms with van der Waals surface area (Å²) < 4.78 is 55.9. The van der Waals surface area contributed by atoms with Crippen molar-refractivity contribution in [3.63, 3.8) is 0 Å². The molecule has 2 heterocycles. The van der Waals surface area contributed by atoms with Gasteiger partial charge in [0.15, 0.2) is 0 Å². The number of carbonyl (C=O) groups is 1. The lowest BCUT2D eigenvalue weighted by Gasteiger charge is -2.21. The highest BCUT2D eigenvalue weighted by molar-refractivity contribution is 5.89. The van der Waals surface area contributed by atoms with Crippen LogP contribution in [0, 0.1) is 0 Å². The van der Waals surface area contributed by atoms with E-state index in [1.807, 2.05) is 32.9 Å². The van der Waals surface area contributed by atoms with Gasteiger partial charge in [0.05, 0.1) is 12.0 Å². The average molecular weight is 554 g/mol. The minimum atomic E-state index is -4.38. The van der Waals surface area contributed by atoms with E-state index in [2.05, 4.69) is 10.6 Å².